The van der Waals surface area contributed by atoms with Crippen molar-refractivity contribution in [2.45, 2.75) is 6.92 Å². The third kappa shape index (κ3) is 2.25. The molecule has 0 unspecified atom stereocenters. The van der Waals surface area contributed by atoms with Crippen LogP contribution in [0.25, 0.3) is 22.9 Å². The summed E-state index contributed by atoms with van der Waals surface area (Å²) in [4.78, 5) is 0. The maximum absolute atomic E-state index is 12.9. The van der Waals surface area contributed by atoms with Gasteiger partial charge in [-0.1, -0.05) is 18.2 Å². The summed E-state index contributed by atoms with van der Waals surface area (Å²) in [7, 11) is 0. The average Bonchev–Trinajstić information content (AvgIpc) is 2.89. The summed E-state index contributed by atoms with van der Waals surface area (Å²) in [5.41, 5.74) is 2.67. The van der Waals surface area contributed by atoms with Gasteiger partial charge in [0.2, 0.25) is 11.8 Å². The summed E-state index contributed by atoms with van der Waals surface area (Å²) in [6, 6.07) is 13.8. The maximum Gasteiger partial charge on any atom is 0.248 e. The van der Waals surface area contributed by atoms with Gasteiger partial charge < -0.3 is 4.42 Å². The molecule has 1 heterocycles. The fourth-order valence-electron chi connectivity index (χ4n) is 1.85. The molecular weight excluding hydrogens is 243 g/mol. The molecule has 3 rings (SSSR count). The molecule has 1 aromatic heterocycles. The van der Waals surface area contributed by atoms with E-state index in [0.29, 0.717) is 17.3 Å². The molecule has 3 nitrogen and oxygen atoms in total. The molecule has 0 aliphatic rings. The summed E-state index contributed by atoms with van der Waals surface area (Å²) in [6.07, 6.45) is 0. The Morgan fingerprint density at radius 1 is 0.895 bits per heavy atom. The Hall–Kier alpha value is -2.49. The average molecular weight is 254 g/mol. The largest absolute Gasteiger partial charge is 0.416 e. The minimum absolute atomic E-state index is 0.289. The van der Waals surface area contributed by atoms with Crippen LogP contribution in [0.3, 0.4) is 0 Å². The summed E-state index contributed by atoms with van der Waals surface area (Å²) in [5, 5.41) is 8.03. The van der Waals surface area contributed by atoms with E-state index >= 15 is 0 Å². The first-order chi connectivity index (χ1) is 9.24. The van der Waals surface area contributed by atoms with E-state index in [0.717, 1.165) is 11.1 Å². The summed E-state index contributed by atoms with van der Waals surface area (Å²) in [6.45, 7) is 1.98. The van der Waals surface area contributed by atoms with Crippen LogP contribution < -0.4 is 0 Å². The number of aryl methyl sites for hydroxylation is 1. The Morgan fingerprint density at radius 3 is 2.32 bits per heavy atom. The van der Waals surface area contributed by atoms with Gasteiger partial charge in [0.1, 0.15) is 5.82 Å². The molecule has 0 aliphatic carbocycles. The van der Waals surface area contributed by atoms with Crippen LogP contribution in [0.15, 0.2) is 52.9 Å². The second-order valence-electron chi connectivity index (χ2n) is 4.23. The highest BCUT2D eigenvalue weighted by Crippen LogP contribution is 2.25. The van der Waals surface area contributed by atoms with E-state index in [2.05, 4.69) is 10.2 Å². The normalized spacial score (nSPS) is 10.6. The number of aromatic nitrogens is 2. The van der Waals surface area contributed by atoms with Gasteiger partial charge in [0, 0.05) is 11.1 Å². The first-order valence-electron chi connectivity index (χ1n) is 5.89. The molecule has 19 heavy (non-hydrogen) atoms. The van der Waals surface area contributed by atoms with Crippen LogP contribution in [0.1, 0.15) is 5.56 Å². The van der Waals surface area contributed by atoms with Crippen LogP contribution in [0.5, 0.6) is 0 Å². The minimum atomic E-state index is -0.289. The maximum atomic E-state index is 12.9. The van der Waals surface area contributed by atoms with E-state index in [9.17, 15) is 4.39 Å². The first kappa shape index (κ1) is 11.6. The molecule has 0 radical (unpaired) electrons. The summed E-state index contributed by atoms with van der Waals surface area (Å²) >= 11 is 0. The van der Waals surface area contributed by atoms with E-state index in [1.807, 2.05) is 31.2 Å². The smallest absolute Gasteiger partial charge is 0.248 e. The zero-order valence-corrected chi connectivity index (χ0v) is 10.3. The molecule has 0 spiro atoms. The van der Waals surface area contributed by atoms with Gasteiger partial charge in [-0.15, -0.1) is 10.2 Å². The van der Waals surface area contributed by atoms with Crippen LogP contribution in [0.2, 0.25) is 0 Å². The lowest BCUT2D eigenvalue weighted by atomic mass is 10.1. The quantitative estimate of drug-likeness (QED) is 0.697. The number of benzene rings is 2. The lowest BCUT2D eigenvalue weighted by molar-refractivity contribution is 0.583. The van der Waals surface area contributed by atoms with Crippen molar-refractivity contribution >= 4 is 0 Å². The molecule has 0 bridgehead atoms. The predicted octanol–water partition coefficient (Wildman–Crippen LogP) is 3.85. The Balaban J connectivity index is 2.00. The van der Waals surface area contributed by atoms with E-state index < -0.39 is 0 Å². The Morgan fingerprint density at radius 2 is 1.58 bits per heavy atom. The van der Waals surface area contributed by atoms with Crippen molar-refractivity contribution in [1.29, 1.82) is 0 Å². The van der Waals surface area contributed by atoms with Crippen molar-refractivity contribution < 1.29 is 8.81 Å². The number of hydrogen-bond acceptors (Lipinski definition) is 3. The number of halogens is 1. The molecule has 94 valence electrons. The van der Waals surface area contributed by atoms with Crippen LogP contribution >= 0.6 is 0 Å². The monoisotopic (exact) mass is 254 g/mol. The van der Waals surface area contributed by atoms with E-state index in [4.69, 9.17) is 4.42 Å². The van der Waals surface area contributed by atoms with Gasteiger partial charge in [0.05, 0.1) is 0 Å². The third-order valence-electron chi connectivity index (χ3n) is 2.89. The molecule has 4 heteroatoms. The number of hydrogen-bond donors (Lipinski definition) is 0. The highest BCUT2D eigenvalue weighted by Gasteiger charge is 2.11. The van der Waals surface area contributed by atoms with Gasteiger partial charge in [0.15, 0.2) is 0 Å². The molecule has 0 atom stereocenters. The van der Waals surface area contributed by atoms with Gasteiger partial charge in [-0.2, -0.15) is 0 Å². The van der Waals surface area contributed by atoms with Crippen molar-refractivity contribution in [3.05, 3.63) is 59.9 Å². The predicted molar refractivity (Wildman–Crippen MR) is 69.9 cm³/mol. The fraction of sp³-hybridized carbons (Fsp3) is 0.0667. The molecule has 0 aliphatic heterocycles. The molecular formula is C15H11FN2O. The van der Waals surface area contributed by atoms with Crippen molar-refractivity contribution in [3.8, 4) is 22.9 Å². The van der Waals surface area contributed by atoms with Crippen molar-refractivity contribution in [3.63, 3.8) is 0 Å². The van der Waals surface area contributed by atoms with E-state index in [-0.39, 0.29) is 5.82 Å². The zero-order valence-electron chi connectivity index (χ0n) is 10.3. The lowest BCUT2D eigenvalue weighted by Gasteiger charge is -1.98. The molecule has 0 fully saturated rings. The first-order valence-corrected chi connectivity index (χ1v) is 5.89. The highest BCUT2D eigenvalue weighted by molar-refractivity contribution is 5.60. The topological polar surface area (TPSA) is 38.9 Å². The van der Waals surface area contributed by atoms with Crippen LogP contribution in [0, 0.1) is 12.7 Å². The lowest BCUT2D eigenvalue weighted by Crippen LogP contribution is -1.81. The van der Waals surface area contributed by atoms with Gasteiger partial charge in [-0.3, -0.25) is 0 Å². The third-order valence-corrected chi connectivity index (χ3v) is 2.89. The highest BCUT2D eigenvalue weighted by atomic mass is 19.1. The second kappa shape index (κ2) is 4.65. The fourth-order valence-corrected chi connectivity index (χ4v) is 1.85. The molecule has 0 saturated carbocycles. The van der Waals surface area contributed by atoms with E-state index in [1.165, 1.54) is 12.1 Å². The number of rotatable bonds is 2. The van der Waals surface area contributed by atoms with Gasteiger partial charge in [-0.25, -0.2) is 4.39 Å². The Labute approximate surface area is 109 Å². The van der Waals surface area contributed by atoms with Crippen LogP contribution in [0.4, 0.5) is 4.39 Å². The Kier molecular flexibility index (Phi) is 2.83. The van der Waals surface area contributed by atoms with Crippen LogP contribution in [-0.2, 0) is 0 Å². The molecule has 0 saturated heterocycles. The molecule has 0 N–H and O–H groups in total. The molecule has 2 aromatic carbocycles. The Bertz CT molecular complexity index is 704. The summed E-state index contributed by atoms with van der Waals surface area (Å²) in [5.74, 6) is 0.568. The van der Waals surface area contributed by atoms with Crippen molar-refractivity contribution in [2.24, 2.45) is 0 Å². The van der Waals surface area contributed by atoms with Crippen LogP contribution in [-0.4, -0.2) is 10.2 Å². The summed E-state index contributed by atoms with van der Waals surface area (Å²) < 4.78 is 18.5. The minimum Gasteiger partial charge on any atom is -0.416 e. The van der Waals surface area contributed by atoms with Crippen molar-refractivity contribution in [2.75, 3.05) is 0 Å². The SMILES string of the molecule is Cc1ccccc1-c1nnc(-c2ccc(F)cc2)o1. The van der Waals surface area contributed by atoms with Gasteiger partial charge >= 0.3 is 0 Å². The molecule has 0 amide bonds. The molecule has 3 aromatic rings. The van der Waals surface area contributed by atoms with Crippen molar-refractivity contribution in [1.82, 2.24) is 10.2 Å². The van der Waals surface area contributed by atoms with E-state index in [1.54, 1.807) is 12.1 Å². The zero-order chi connectivity index (χ0) is 13.2. The standard InChI is InChI=1S/C15H11FN2O/c1-10-4-2-3-5-13(10)15-18-17-14(19-15)11-6-8-12(16)9-7-11/h2-9H,1H3. The second-order valence-corrected chi connectivity index (χ2v) is 4.23. The van der Waals surface area contributed by atoms with Gasteiger partial charge in [-0.05, 0) is 42.8 Å². The number of nitrogens with zero attached hydrogens (tertiary/aromatic N) is 2. The van der Waals surface area contributed by atoms with Gasteiger partial charge in [0.25, 0.3) is 0 Å².